The van der Waals surface area contributed by atoms with Crippen molar-refractivity contribution in [3.8, 4) is 0 Å². The normalized spacial score (nSPS) is 16.2. The number of thioether (sulfide) groups is 1. The van der Waals surface area contributed by atoms with Crippen LogP contribution in [0.1, 0.15) is 31.9 Å². The molecular weight excluding hydrogens is 458 g/mol. The molecule has 8 heteroatoms. The van der Waals surface area contributed by atoms with Gasteiger partial charge in [-0.05, 0) is 44.5 Å². The van der Waals surface area contributed by atoms with Gasteiger partial charge in [0.05, 0.1) is 16.9 Å². The molecule has 0 saturated carbocycles. The van der Waals surface area contributed by atoms with Crippen LogP contribution in [0.2, 0.25) is 5.02 Å². The molecule has 1 aromatic heterocycles. The molecular formula is C25H28ClN3O3S. The summed E-state index contributed by atoms with van der Waals surface area (Å²) >= 11 is 7.73. The van der Waals surface area contributed by atoms with Crippen molar-refractivity contribution in [3.63, 3.8) is 0 Å². The Morgan fingerprint density at radius 1 is 1.24 bits per heavy atom. The summed E-state index contributed by atoms with van der Waals surface area (Å²) in [6.45, 7) is 5.00. The minimum absolute atomic E-state index is 0.133. The van der Waals surface area contributed by atoms with Gasteiger partial charge in [-0.15, -0.1) is 0 Å². The van der Waals surface area contributed by atoms with Crippen LogP contribution in [0.4, 0.5) is 5.69 Å². The average Bonchev–Trinajstić information content (AvgIpc) is 2.96. The third-order valence-electron chi connectivity index (χ3n) is 5.63. The average molecular weight is 486 g/mol. The second-order valence-corrected chi connectivity index (χ2v) is 9.69. The second-order valence-electron chi connectivity index (χ2n) is 8.29. The van der Waals surface area contributed by atoms with Gasteiger partial charge in [-0.25, -0.2) is 0 Å². The molecule has 3 aromatic rings. The molecule has 2 amide bonds. The zero-order chi connectivity index (χ0) is 23.5. The predicted molar refractivity (Wildman–Crippen MR) is 134 cm³/mol. The van der Waals surface area contributed by atoms with Crippen molar-refractivity contribution in [2.45, 2.75) is 37.4 Å². The number of aryl methyl sites for hydroxylation is 1. The third-order valence-corrected chi connectivity index (χ3v) is 7.02. The van der Waals surface area contributed by atoms with Crippen LogP contribution in [0.25, 0.3) is 10.9 Å². The van der Waals surface area contributed by atoms with Crippen LogP contribution in [0.15, 0.2) is 53.6 Å². The Hall–Kier alpha value is -2.48. The van der Waals surface area contributed by atoms with Gasteiger partial charge in [0.25, 0.3) is 0 Å². The Morgan fingerprint density at radius 2 is 2.03 bits per heavy atom. The van der Waals surface area contributed by atoms with Crippen molar-refractivity contribution >= 4 is 51.8 Å². The van der Waals surface area contributed by atoms with Crippen LogP contribution in [0.5, 0.6) is 0 Å². The highest BCUT2D eigenvalue weighted by Gasteiger charge is 2.39. The van der Waals surface area contributed by atoms with E-state index in [1.807, 2.05) is 51.2 Å². The van der Waals surface area contributed by atoms with Gasteiger partial charge in [0, 0.05) is 47.4 Å². The molecule has 1 aliphatic heterocycles. The maximum Gasteiger partial charge on any atom is 0.247 e. The SMILES string of the molecule is CC(C)OCCCNC(=O)C1c2c(n(C)c3ccccc23)SCC(=O)N1c1cccc(Cl)c1. The molecule has 0 radical (unpaired) electrons. The smallest absolute Gasteiger partial charge is 0.247 e. The first kappa shape index (κ1) is 23.7. The van der Waals surface area contributed by atoms with Crippen LogP contribution in [0, 0.1) is 0 Å². The molecule has 6 nitrogen and oxygen atoms in total. The highest BCUT2D eigenvalue weighted by molar-refractivity contribution is 8.00. The highest BCUT2D eigenvalue weighted by Crippen LogP contribution is 2.43. The van der Waals surface area contributed by atoms with Gasteiger partial charge in [-0.2, -0.15) is 0 Å². The van der Waals surface area contributed by atoms with E-state index in [0.29, 0.717) is 30.3 Å². The van der Waals surface area contributed by atoms with E-state index in [2.05, 4.69) is 9.88 Å². The first-order valence-corrected chi connectivity index (χ1v) is 12.4. The van der Waals surface area contributed by atoms with Crippen molar-refractivity contribution in [1.29, 1.82) is 0 Å². The first-order chi connectivity index (χ1) is 15.9. The molecule has 0 fully saturated rings. The van der Waals surface area contributed by atoms with E-state index in [4.69, 9.17) is 16.3 Å². The molecule has 2 heterocycles. The molecule has 1 N–H and O–H groups in total. The van der Waals surface area contributed by atoms with Crippen molar-refractivity contribution in [2.75, 3.05) is 23.8 Å². The lowest BCUT2D eigenvalue weighted by Crippen LogP contribution is -2.44. The summed E-state index contributed by atoms with van der Waals surface area (Å²) in [6, 6.07) is 14.3. The second kappa shape index (κ2) is 10.2. The van der Waals surface area contributed by atoms with Gasteiger partial charge in [-0.1, -0.05) is 47.6 Å². The van der Waals surface area contributed by atoms with Gasteiger partial charge in [0.1, 0.15) is 6.04 Å². The minimum atomic E-state index is -0.807. The fraction of sp³-hybridized carbons (Fsp3) is 0.360. The number of halogens is 1. The van der Waals surface area contributed by atoms with Crippen LogP contribution in [-0.2, 0) is 21.4 Å². The van der Waals surface area contributed by atoms with E-state index in [-0.39, 0.29) is 23.7 Å². The van der Waals surface area contributed by atoms with Gasteiger partial charge >= 0.3 is 0 Å². The van der Waals surface area contributed by atoms with E-state index in [0.717, 1.165) is 21.5 Å². The molecule has 2 aromatic carbocycles. The fourth-order valence-corrected chi connectivity index (χ4v) is 5.43. The number of hydrogen-bond acceptors (Lipinski definition) is 4. The Labute approximate surface area is 203 Å². The maximum atomic E-state index is 13.7. The van der Waals surface area contributed by atoms with Crippen molar-refractivity contribution < 1.29 is 14.3 Å². The summed E-state index contributed by atoms with van der Waals surface area (Å²) in [5.41, 5.74) is 2.48. The fourth-order valence-electron chi connectivity index (χ4n) is 4.18. The number of nitrogens with one attached hydrogen (secondary N) is 1. The molecule has 1 unspecified atom stereocenters. The number of para-hydroxylation sites is 1. The quantitative estimate of drug-likeness (QED) is 0.481. The standard InChI is InChI=1S/C25H28ClN3O3S/c1-16(2)32-13-7-12-27-24(31)23-22-19-10-4-5-11-20(19)28(3)25(22)33-15-21(30)29(23)18-9-6-8-17(26)14-18/h4-6,8-11,14,16,23H,7,12-13,15H2,1-3H3,(H,27,31). The summed E-state index contributed by atoms with van der Waals surface area (Å²) in [6.07, 6.45) is 0.840. The monoisotopic (exact) mass is 485 g/mol. The number of hydrogen-bond donors (Lipinski definition) is 1. The summed E-state index contributed by atoms with van der Waals surface area (Å²) in [4.78, 5) is 28.6. The van der Waals surface area contributed by atoms with E-state index >= 15 is 0 Å². The van der Waals surface area contributed by atoms with Gasteiger partial charge in [0.15, 0.2) is 0 Å². The van der Waals surface area contributed by atoms with Crippen molar-refractivity contribution in [2.24, 2.45) is 7.05 Å². The van der Waals surface area contributed by atoms with Crippen molar-refractivity contribution in [1.82, 2.24) is 9.88 Å². The largest absolute Gasteiger partial charge is 0.379 e. The van der Waals surface area contributed by atoms with Crippen LogP contribution in [-0.4, -0.2) is 41.4 Å². The molecule has 33 heavy (non-hydrogen) atoms. The van der Waals surface area contributed by atoms with Gasteiger partial charge < -0.3 is 14.6 Å². The van der Waals surface area contributed by atoms with E-state index < -0.39 is 6.04 Å². The number of amides is 2. The maximum absolute atomic E-state index is 13.7. The number of ether oxygens (including phenoxy) is 1. The molecule has 0 bridgehead atoms. The lowest BCUT2D eigenvalue weighted by atomic mass is 10.0. The van der Waals surface area contributed by atoms with Crippen LogP contribution in [0.3, 0.4) is 0 Å². The number of nitrogens with zero attached hydrogens (tertiary/aromatic N) is 2. The lowest BCUT2D eigenvalue weighted by molar-refractivity contribution is -0.125. The first-order valence-electron chi connectivity index (χ1n) is 11.1. The Bertz CT molecular complexity index is 1180. The Kier molecular flexibility index (Phi) is 7.32. The number of aromatic nitrogens is 1. The van der Waals surface area contributed by atoms with Gasteiger partial charge in [-0.3, -0.25) is 14.5 Å². The molecule has 1 aliphatic rings. The van der Waals surface area contributed by atoms with Crippen molar-refractivity contribution in [3.05, 3.63) is 59.1 Å². The van der Waals surface area contributed by atoms with E-state index in [9.17, 15) is 9.59 Å². The molecule has 174 valence electrons. The zero-order valence-electron chi connectivity index (χ0n) is 19.0. The number of benzene rings is 2. The number of carbonyl (C=O) groups is 2. The number of anilines is 1. The molecule has 1 atom stereocenters. The minimum Gasteiger partial charge on any atom is -0.379 e. The number of rotatable bonds is 7. The lowest BCUT2D eigenvalue weighted by Gasteiger charge is -2.30. The summed E-state index contributed by atoms with van der Waals surface area (Å²) in [5.74, 6) is -0.116. The number of fused-ring (bicyclic) bond motifs is 3. The van der Waals surface area contributed by atoms with E-state index in [1.165, 1.54) is 11.8 Å². The number of carbonyl (C=O) groups excluding carboxylic acids is 2. The Balaban J connectivity index is 1.77. The summed E-state index contributed by atoms with van der Waals surface area (Å²) < 4.78 is 7.66. The molecule has 0 aliphatic carbocycles. The predicted octanol–water partition coefficient (Wildman–Crippen LogP) is 4.94. The highest BCUT2D eigenvalue weighted by atomic mass is 35.5. The van der Waals surface area contributed by atoms with Crippen LogP contribution >= 0.6 is 23.4 Å². The summed E-state index contributed by atoms with van der Waals surface area (Å²) in [7, 11) is 1.98. The third kappa shape index (κ3) is 4.90. The van der Waals surface area contributed by atoms with Gasteiger partial charge in [0.2, 0.25) is 11.8 Å². The van der Waals surface area contributed by atoms with Crippen LogP contribution < -0.4 is 10.2 Å². The zero-order valence-corrected chi connectivity index (χ0v) is 20.6. The Morgan fingerprint density at radius 3 is 2.79 bits per heavy atom. The molecule has 0 spiro atoms. The van der Waals surface area contributed by atoms with E-state index in [1.54, 1.807) is 23.1 Å². The summed E-state index contributed by atoms with van der Waals surface area (Å²) in [5, 5.41) is 5.45. The molecule has 0 saturated heterocycles. The molecule has 4 rings (SSSR count). The topological polar surface area (TPSA) is 63.6 Å².